The van der Waals surface area contributed by atoms with Crippen molar-refractivity contribution in [3.8, 4) is 0 Å². The summed E-state index contributed by atoms with van der Waals surface area (Å²) in [4.78, 5) is 27.3. The summed E-state index contributed by atoms with van der Waals surface area (Å²) < 4.78 is 1.96. The Kier molecular flexibility index (Phi) is 2.45. The van der Waals surface area contributed by atoms with Gasteiger partial charge in [-0.15, -0.1) is 0 Å². The van der Waals surface area contributed by atoms with Gasteiger partial charge in [0.2, 0.25) is 0 Å². The minimum absolute atomic E-state index is 0.0855. The highest BCUT2D eigenvalue weighted by molar-refractivity contribution is 6.04. The number of ketones is 1. The predicted octanol–water partition coefficient (Wildman–Crippen LogP) is 1.79. The molecule has 2 unspecified atom stereocenters. The zero-order valence-electron chi connectivity index (χ0n) is 10.8. The molecule has 5 nitrogen and oxygen atoms in total. The highest BCUT2D eigenvalue weighted by Crippen LogP contribution is 2.41. The lowest BCUT2D eigenvalue weighted by atomic mass is 10.1. The van der Waals surface area contributed by atoms with Crippen molar-refractivity contribution in [2.24, 2.45) is 18.9 Å². The third-order valence-corrected chi connectivity index (χ3v) is 3.83. The number of hydrogen-bond donors (Lipinski definition) is 1. The number of Topliss-reactive ketones (excluding diaryl/α,β-unsaturated/α-hetero) is 1. The van der Waals surface area contributed by atoms with Crippen LogP contribution in [0.2, 0.25) is 0 Å². The van der Waals surface area contributed by atoms with Crippen LogP contribution < -0.4 is 0 Å². The van der Waals surface area contributed by atoms with Crippen molar-refractivity contribution in [1.29, 1.82) is 0 Å². The van der Waals surface area contributed by atoms with Crippen LogP contribution in [0, 0.1) is 18.8 Å². The molecule has 0 radical (unpaired) electrons. The highest BCUT2D eigenvalue weighted by atomic mass is 16.4. The topological polar surface area (TPSA) is 72.2 Å². The molecule has 2 aromatic rings. The van der Waals surface area contributed by atoms with Crippen LogP contribution in [0.25, 0.3) is 11.0 Å². The van der Waals surface area contributed by atoms with Crippen LogP contribution in [0.3, 0.4) is 0 Å². The van der Waals surface area contributed by atoms with Gasteiger partial charge in [-0.05, 0) is 31.5 Å². The van der Waals surface area contributed by atoms with E-state index in [1.807, 2.05) is 24.6 Å². The Morgan fingerprint density at radius 3 is 2.74 bits per heavy atom. The monoisotopic (exact) mass is 258 g/mol. The Morgan fingerprint density at radius 1 is 1.37 bits per heavy atom. The molecule has 1 fully saturated rings. The first-order valence-corrected chi connectivity index (χ1v) is 6.19. The van der Waals surface area contributed by atoms with Gasteiger partial charge in [-0.3, -0.25) is 9.59 Å². The number of aryl methyl sites for hydroxylation is 2. The summed E-state index contributed by atoms with van der Waals surface area (Å²) in [5.41, 5.74) is 2.30. The second-order valence-electron chi connectivity index (χ2n) is 5.07. The largest absolute Gasteiger partial charge is 0.481 e. The third-order valence-electron chi connectivity index (χ3n) is 3.83. The van der Waals surface area contributed by atoms with Crippen molar-refractivity contribution in [1.82, 2.24) is 9.55 Å². The maximum Gasteiger partial charge on any atom is 0.307 e. The summed E-state index contributed by atoms with van der Waals surface area (Å²) in [6.07, 6.45) is 0.452. The molecular formula is C14H14N2O3. The van der Waals surface area contributed by atoms with Gasteiger partial charge in [0.25, 0.3) is 0 Å². The molecule has 1 aliphatic rings. The lowest BCUT2D eigenvalue weighted by Gasteiger charge is -2.00. The van der Waals surface area contributed by atoms with Gasteiger partial charge in [0.1, 0.15) is 5.82 Å². The molecule has 0 spiro atoms. The zero-order valence-corrected chi connectivity index (χ0v) is 10.8. The van der Waals surface area contributed by atoms with Gasteiger partial charge < -0.3 is 9.67 Å². The predicted molar refractivity (Wildman–Crippen MR) is 69.0 cm³/mol. The fourth-order valence-electron chi connectivity index (χ4n) is 2.45. The van der Waals surface area contributed by atoms with Gasteiger partial charge in [-0.2, -0.15) is 0 Å². The summed E-state index contributed by atoms with van der Waals surface area (Å²) >= 11 is 0. The zero-order chi connectivity index (χ0) is 13.7. The Bertz CT molecular complexity index is 702. The molecule has 1 N–H and O–H groups in total. The number of carbonyl (C=O) groups excluding carboxylic acids is 1. The van der Waals surface area contributed by atoms with Crippen LogP contribution in [0.4, 0.5) is 0 Å². The first-order chi connectivity index (χ1) is 8.99. The summed E-state index contributed by atoms with van der Waals surface area (Å²) in [5, 5.41) is 8.86. The molecule has 1 heterocycles. The maximum atomic E-state index is 12.2. The molecule has 2 atom stereocenters. The van der Waals surface area contributed by atoms with Crippen molar-refractivity contribution in [2.75, 3.05) is 0 Å². The minimum Gasteiger partial charge on any atom is -0.481 e. The summed E-state index contributed by atoms with van der Waals surface area (Å²) in [7, 11) is 1.92. The Labute approximate surface area is 109 Å². The molecule has 1 aromatic carbocycles. The van der Waals surface area contributed by atoms with E-state index < -0.39 is 11.9 Å². The molecule has 1 aromatic heterocycles. The first-order valence-electron chi connectivity index (χ1n) is 6.19. The normalized spacial score (nSPS) is 21.6. The van der Waals surface area contributed by atoms with Crippen molar-refractivity contribution >= 4 is 22.8 Å². The van der Waals surface area contributed by atoms with E-state index in [4.69, 9.17) is 5.11 Å². The fraction of sp³-hybridized carbons (Fsp3) is 0.357. The summed E-state index contributed by atoms with van der Waals surface area (Å²) in [6.45, 7) is 1.91. The number of benzene rings is 1. The second kappa shape index (κ2) is 3.91. The molecule has 5 heteroatoms. The van der Waals surface area contributed by atoms with Crippen molar-refractivity contribution < 1.29 is 14.7 Å². The average Bonchev–Trinajstić information content (AvgIpc) is 3.12. The number of hydrogen-bond acceptors (Lipinski definition) is 3. The molecule has 3 rings (SSSR count). The number of imidazole rings is 1. The van der Waals surface area contributed by atoms with E-state index in [0.717, 1.165) is 16.9 Å². The van der Waals surface area contributed by atoms with Gasteiger partial charge in [0, 0.05) is 18.5 Å². The van der Waals surface area contributed by atoms with E-state index in [2.05, 4.69) is 4.98 Å². The standard InChI is InChI=1S/C14H14N2O3/c1-7-15-11-5-8(3-4-12(11)16(7)2)13(17)9-6-10(9)14(18)19/h3-5,9-10H,6H2,1-2H3,(H,18,19). The van der Waals surface area contributed by atoms with Crippen LogP contribution in [0.15, 0.2) is 18.2 Å². The van der Waals surface area contributed by atoms with Crippen molar-refractivity contribution in [2.45, 2.75) is 13.3 Å². The van der Waals surface area contributed by atoms with Crippen LogP contribution in [-0.2, 0) is 11.8 Å². The number of rotatable bonds is 3. The van der Waals surface area contributed by atoms with Gasteiger partial charge in [0.15, 0.2) is 5.78 Å². The smallest absolute Gasteiger partial charge is 0.307 e. The molecule has 0 amide bonds. The Balaban J connectivity index is 1.94. The van der Waals surface area contributed by atoms with Gasteiger partial charge in [-0.1, -0.05) is 0 Å². The number of nitrogens with zero attached hydrogens (tertiary/aromatic N) is 2. The number of carboxylic acid groups (broad SMARTS) is 1. The second-order valence-corrected chi connectivity index (χ2v) is 5.07. The molecule has 1 aliphatic carbocycles. The van der Waals surface area contributed by atoms with Gasteiger partial charge in [0.05, 0.1) is 17.0 Å². The quantitative estimate of drug-likeness (QED) is 0.852. The van der Waals surface area contributed by atoms with Gasteiger partial charge in [-0.25, -0.2) is 4.98 Å². The molecule has 98 valence electrons. The van der Waals surface area contributed by atoms with E-state index in [9.17, 15) is 9.59 Å². The molecule has 0 bridgehead atoms. The molecule has 1 saturated carbocycles. The SMILES string of the molecule is Cc1nc2cc(C(=O)C3CC3C(=O)O)ccc2n1C. The highest BCUT2D eigenvalue weighted by Gasteiger charge is 2.48. The number of fused-ring (bicyclic) bond motifs is 1. The third kappa shape index (κ3) is 1.82. The lowest BCUT2D eigenvalue weighted by molar-refractivity contribution is -0.138. The Morgan fingerprint density at radius 2 is 2.11 bits per heavy atom. The van der Waals surface area contributed by atoms with E-state index in [-0.39, 0.29) is 11.7 Å². The maximum absolute atomic E-state index is 12.2. The minimum atomic E-state index is -0.881. The van der Waals surface area contributed by atoms with E-state index in [0.29, 0.717) is 12.0 Å². The van der Waals surface area contributed by atoms with E-state index in [1.165, 1.54) is 0 Å². The summed E-state index contributed by atoms with van der Waals surface area (Å²) in [5.74, 6) is -0.950. The van der Waals surface area contributed by atoms with Crippen LogP contribution >= 0.6 is 0 Å². The van der Waals surface area contributed by atoms with Crippen LogP contribution in [0.1, 0.15) is 22.6 Å². The van der Waals surface area contributed by atoms with Crippen molar-refractivity contribution in [3.63, 3.8) is 0 Å². The van der Waals surface area contributed by atoms with Crippen molar-refractivity contribution in [3.05, 3.63) is 29.6 Å². The van der Waals surface area contributed by atoms with Gasteiger partial charge >= 0.3 is 5.97 Å². The number of carbonyl (C=O) groups is 2. The number of carboxylic acids is 1. The number of aliphatic carboxylic acids is 1. The molecule has 19 heavy (non-hydrogen) atoms. The van der Waals surface area contributed by atoms with Crippen LogP contribution in [0.5, 0.6) is 0 Å². The Hall–Kier alpha value is -2.17. The molecule has 0 aliphatic heterocycles. The summed E-state index contributed by atoms with van der Waals surface area (Å²) in [6, 6.07) is 5.37. The number of aromatic nitrogens is 2. The van der Waals surface area contributed by atoms with E-state index in [1.54, 1.807) is 12.1 Å². The fourth-order valence-corrected chi connectivity index (χ4v) is 2.45. The van der Waals surface area contributed by atoms with E-state index >= 15 is 0 Å². The first kappa shape index (κ1) is 11.9. The molecule has 0 saturated heterocycles. The van der Waals surface area contributed by atoms with Crippen LogP contribution in [-0.4, -0.2) is 26.4 Å². The lowest BCUT2D eigenvalue weighted by Crippen LogP contribution is -2.08. The average molecular weight is 258 g/mol. The molecular weight excluding hydrogens is 244 g/mol.